The largest absolute Gasteiger partial charge is 0.497 e. The molecule has 1 aliphatic heterocycles. The van der Waals surface area contributed by atoms with E-state index in [0.717, 1.165) is 24.3 Å². The number of amides is 1. The standard InChI is InChI=1S/C19H22N2O2.ClH/c1-23-16-8-6-14(7-9-16)12-19(22)21-13-18-17-5-3-2-4-15(17)10-11-20-18;/h2-9,18,20H,10-13H2,1H3,(H,21,22);1H. The number of hydrogen-bond donors (Lipinski definition) is 2. The molecule has 2 aromatic carbocycles. The van der Waals surface area contributed by atoms with Crippen molar-refractivity contribution in [2.45, 2.75) is 18.9 Å². The highest BCUT2D eigenvalue weighted by atomic mass is 35.5. The molecule has 4 nitrogen and oxygen atoms in total. The summed E-state index contributed by atoms with van der Waals surface area (Å²) in [5.41, 5.74) is 3.66. The Kier molecular flexibility index (Phi) is 6.64. The van der Waals surface area contributed by atoms with Crippen molar-refractivity contribution < 1.29 is 9.53 Å². The first-order valence-electron chi connectivity index (χ1n) is 7.97. The third kappa shape index (κ3) is 4.49. The molecule has 0 saturated heterocycles. The molecule has 128 valence electrons. The van der Waals surface area contributed by atoms with E-state index in [-0.39, 0.29) is 24.4 Å². The fourth-order valence-electron chi connectivity index (χ4n) is 2.98. The van der Waals surface area contributed by atoms with Gasteiger partial charge in [-0.15, -0.1) is 12.4 Å². The summed E-state index contributed by atoms with van der Waals surface area (Å²) in [5, 5.41) is 6.52. The number of nitrogens with one attached hydrogen (secondary N) is 2. The van der Waals surface area contributed by atoms with E-state index in [0.29, 0.717) is 13.0 Å². The quantitative estimate of drug-likeness (QED) is 0.875. The average Bonchev–Trinajstić information content (AvgIpc) is 2.60. The monoisotopic (exact) mass is 346 g/mol. The smallest absolute Gasteiger partial charge is 0.224 e. The van der Waals surface area contributed by atoms with Crippen LogP contribution in [0, 0.1) is 0 Å². The minimum absolute atomic E-state index is 0. The molecule has 0 bridgehead atoms. The van der Waals surface area contributed by atoms with Gasteiger partial charge >= 0.3 is 0 Å². The Morgan fingerprint density at radius 3 is 2.71 bits per heavy atom. The van der Waals surface area contributed by atoms with Gasteiger partial charge in [0.25, 0.3) is 0 Å². The van der Waals surface area contributed by atoms with E-state index in [2.05, 4.69) is 34.9 Å². The molecule has 2 N–H and O–H groups in total. The predicted octanol–water partition coefficient (Wildman–Crippen LogP) is 2.66. The summed E-state index contributed by atoms with van der Waals surface area (Å²) in [6, 6.07) is 16.2. The minimum atomic E-state index is 0. The normalized spacial score (nSPS) is 15.8. The van der Waals surface area contributed by atoms with Crippen LogP contribution in [0.1, 0.15) is 22.7 Å². The Hall–Kier alpha value is -2.04. The van der Waals surface area contributed by atoms with E-state index in [1.54, 1.807) is 7.11 Å². The van der Waals surface area contributed by atoms with Crippen molar-refractivity contribution in [3.8, 4) is 5.75 Å². The minimum Gasteiger partial charge on any atom is -0.497 e. The lowest BCUT2D eigenvalue weighted by Crippen LogP contribution is -2.39. The van der Waals surface area contributed by atoms with Crippen LogP contribution in [0.15, 0.2) is 48.5 Å². The van der Waals surface area contributed by atoms with Crippen LogP contribution in [0.3, 0.4) is 0 Å². The number of carbonyl (C=O) groups excluding carboxylic acids is 1. The molecule has 0 aliphatic carbocycles. The molecule has 0 fully saturated rings. The summed E-state index contributed by atoms with van der Waals surface area (Å²) in [7, 11) is 1.64. The third-order valence-corrected chi connectivity index (χ3v) is 4.24. The van der Waals surface area contributed by atoms with Gasteiger partial charge in [-0.1, -0.05) is 36.4 Å². The van der Waals surface area contributed by atoms with Crippen molar-refractivity contribution in [1.82, 2.24) is 10.6 Å². The van der Waals surface area contributed by atoms with Gasteiger partial charge in [0.1, 0.15) is 5.75 Å². The molecular weight excluding hydrogens is 324 g/mol. The SMILES string of the molecule is COc1ccc(CC(=O)NCC2NCCc3ccccc32)cc1.Cl. The Morgan fingerprint density at radius 2 is 1.96 bits per heavy atom. The summed E-state index contributed by atoms with van der Waals surface area (Å²) < 4.78 is 5.13. The number of methoxy groups -OCH3 is 1. The molecule has 5 heteroatoms. The van der Waals surface area contributed by atoms with Crippen molar-refractivity contribution >= 4 is 18.3 Å². The van der Waals surface area contributed by atoms with Gasteiger partial charge in [0.2, 0.25) is 5.91 Å². The van der Waals surface area contributed by atoms with Gasteiger partial charge in [0.15, 0.2) is 0 Å². The van der Waals surface area contributed by atoms with Crippen LogP contribution in [0.2, 0.25) is 0 Å². The van der Waals surface area contributed by atoms with Crippen LogP contribution in [0.5, 0.6) is 5.75 Å². The van der Waals surface area contributed by atoms with E-state index >= 15 is 0 Å². The molecule has 1 unspecified atom stereocenters. The number of ether oxygens (including phenoxy) is 1. The van der Waals surface area contributed by atoms with E-state index in [4.69, 9.17) is 4.74 Å². The van der Waals surface area contributed by atoms with Crippen molar-refractivity contribution in [1.29, 1.82) is 0 Å². The fraction of sp³-hybridized carbons (Fsp3) is 0.316. The Morgan fingerprint density at radius 1 is 1.21 bits per heavy atom. The average molecular weight is 347 g/mol. The van der Waals surface area contributed by atoms with E-state index in [1.165, 1.54) is 11.1 Å². The van der Waals surface area contributed by atoms with Gasteiger partial charge in [-0.2, -0.15) is 0 Å². The van der Waals surface area contributed by atoms with Gasteiger partial charge in [-0.25, -0.2) is 0 Å². The van der Waals surface area contributed by atoms with Crippen LogP contribution in [0.25, 0.3) is 0 Å². The van der Waals surface area contributed by atoms with Crippen molar-refractivity contribution in [2.75, 3.05) is 20.2 Å². The number of fused-ring (bicyclic) bond motifs is 1. The lowest BCUT2D eigenvalue weighted by atomic mass is 9.94. The molecule has 0 aromatic heterocycles. The van der Waals surface area contributed by atoms with E-state index in [9.17, 15) is 4.79 Å². The number of benzene rings is 2. The van der Waals surface area contributed by atoms with Gasteiger partial charge in [-0.3, -0.25) is 4.79 Å². The second-order valence-electron chi connectivity index (χ2n) is 5.78. The maximum absolute atomic E-state index is 12.2. The summed E-state index contributed by atoms with van der Waals surface area (Å²) in [6.07, 6.45) is 1.44. The topological polar surface area (TPSA) is 50.4 Å². The second kappa shape index (κ2) is 8.71. The van der Waals surface area contributed by atoms with Crippen LogP contribution >= 0.6 is 12.4 Å². The first-order valence-corrected chi connectivity index (χ1v) is 7.97. The zero-order valence-electron chi connectivity index (χ0n) is 13.7. The summed E-state index contributed by atoms with van der Waals surface area (Å²) in [5.74, 6) is 0.845. The lowest BCUT2D eigenvalue weighted by Gasteiger charge is -2.27. The molecule has 2 aromatic rings. The molecule has 0 saturated carbocycles. The molecule has 0 radical (unpaired) electrons. The summed E-state index contributed by atoms with van der Waals surface area (Å²) in [6.45, 7) is 1.57. The van der Waals surface area contributed by atoms with Crippen LogP contribution in [-0.2, 0) is 17.6 Å². The molecule has 1 atom stereocenters. The fourth-order valence-corrected chi connectivity index (χ4v) is 2.98. The molecule has 1 aliphatic rings. The van der Waals surface area contributed by atoms with Crippen molar-refractivity contribution in [3.05, 3.63) is 65.2 Å². The third-order valence-electron chi connectivity index (χ3n) is 4.24. The number of halogens is 1. The van der Waals surface area contributed by atoms with Crippen LogP contribution < -0.4 is 15.4 Å². The van der Waals surface area contributed by atoms with Crippen molar-refractivity contribution in [3.63, 3.8) is 0 Å². The molecular formula is C19H23ClN2O2. The molecule has 3 rings (SSSR count). The maximum Gasteiger partial charge on any atom is 0.224 e. The first kappa shape index (κ1) is 18.3. The summed E-state index contributed by atoms with van der Waals surface area (Å²) >= 11 is 0. The molecule has 0 spiro atoms. The second-order valence-corrected chi connectivity index (χ2v) is 5.78. The highest BCUT2D eigenvalue weighted by Crippen LogP contribution is 2.21. The molecule has 24 heavy (non-hydrogen) atoms. The predicted molar refractivity (Wildman–Crippen MR) is 97.8 cm³/mol. The number of carbonyl (C=O) groups is 1. The number of hydrogen-bond acceptors (Lipinski definition) is 3. The Labute approximate surface area is 149 Å². The van der Waals surface area contributed by atoms with Crippen LogP contribution in [0.4, 0.5) is 0 Å². The van der Waals surface area contributed by atoms with Gasteiger partial charge in [-0.05, 0) is 41.8 Å². The number of rotatable bonds is 5. The Bertz CT molecular complexity index is 673. The lowest BCUT2D eigenvalue weighted by molar-refractivity contribution is -0.120. The van der Waals surface area contributed by atoms with Gasteiger partial charge in [0, 0.05) is 12.6 Å². The van der Waals surface area contributed by atoms with E-state index in [1.807, 2.05) is 24.3 Å². The van der Waals surface area contributed by atoms with Gasteiger partial charge < -0.3 is 15.4 Å². The maximum atomic E-state index is 12.2. The highest BCUT2D eigenvalue weighted by Gasteiger charge is 2.19. The first-order chi connectivity index (χ1) is 11.3. The molecule has 1 amide bonds. The van der Waals surface area contributed by atoms with E-state index < -0.39 is 0 Å². The molecule has 1 heterocycles. The van der Waals surface area contributed by atoms with Crippen LogP contribution in [-0.4, -0.2) is 26.1 Å². The summed E-state index contributed by atoms with van der Waals surface area (Å²) in [4.78, 5) is 12.2. The zero-order chi connectivity index (χ0) is 16.1. The Balaban J connectivity index is 0.00000208. The van der Waals surface area contributed by atoms with Crippen molar-refractivity contribution in [2.24, 2.45) is 0 Å². The highest BCUT2D eigenvalue weighted by molar-refractivity contribution is 5.85. The zero-order valence-corrected chi connectivity index (χ0v) is 14.6. The van der Waals surface area contributed by atoms with Gasteiger partial charge in [0.05, 0.1) is 13.5 Å².